The first-order valence-electron chi connectivity index (χ1n) is 11.6. The highest BCUT2D eigenvalue weighted by molar-refractivity contribution is 5.98. The molecule has 9 nitrogen and oxygen atoms in total. The van der Waals surface area contributed by atoms with Gasteiger partial charge in [-0.2, -0.15) is 13.2 Å². The standard InChI is InChI=1S/C26H23F3N4O5/c1-35-17-8-6-16(15-7-9-20(26(27,28)29)32-21(15)17)25-33-22(19(10-30)38-25)24(34)31-11-13-12-37-23-14(13)4-3-5-18(23)36-2/h5-9,12H,3-4,10-11,30H2,1-2H3,(H,31,34). The maximum absolute atomic E-state index is 13.3. The molecule has 0 atom stereocenters. The van der Waals surface area contributed by atoms with Crippen LogP contribution >= 0.6 is 0 Å². The SMILES string of the molecule is COC1=CCCc2c(CNC(=O)c3nc(-c4ccc(OC)c5nc(C(F)(F)F)ccc45)oc3CN)coc21. The van der Waals surface area contributed by atoms with E-state index in [1.165, 1.54) is 19.2 Å². The minimum atomic E-state index is -4.63. The average molecular weight is 528 g/mol. The van der Waals surface area contributed by atoms with Gasteiger partial charge in [0.15, 0.2) is 23.0 Å². The number of carbonyl (C=O) groups is 1. The molecule has 0 saturated heterocycles. The molecule has 0 fully saturated rings. The molecule has 1 aliphatic rings. The Balaban J connectivity index is 1.45. The highest BCUT2D eigenvalue weighted by Crippen LogP contribution is 2.37. The second-order valence-electron chi connectivity index (χ2n) is 8.46. The maximum atomic E-state index is 13.3. The van der Waals surface area contributed by atoms with Gasteiger partial charge in [0, 0.05) is 28.6 Å². The molecule has 3 N–H and O–H groups in total. The van der Waals surface area contributed by atoms with E-state index in [2.05, 4.69) is 15.3 Å². The molecule has 3 aromatic heterocycles. The summed E-state index contributed by atoms with van der Waals surface area (Å²) in [4.78, 5) is 21.1. The van der Waals surface area contributed by atoms with Gasteiger partial charge in [-0.15, -0.1) is 0 Å². The minimum absolute atomic E-state index is 0.0142. The smallest absolute Gasteiger partial charge is 0.433 e. The van der Waals surface area contributed by atoms with E-state index in [0.717, 1.165) is 30.0 Å². The van der Waals surface area contributed by atoms with E-state index in [0.29, 0.717) is 22.5 Å². The number of aromatic nitrogens is 2. The third-order valence-corrected chi connectivity index (χ3v) is 6.25. The predicted molar refractivity (Wildman–Crippen MR) is 130 cm³/mol. The Kier molecular flexibility index (Phi) is 6.57. The summed E-state index contributed by atoms with van der Waals surface area (Å²) in [5, 5.41) is 3.12. The maximum Gasteiger partial charge on any atom is 0.433 e. The Labute approximate surface area is 214 Å². The van der Waals surface area contributed by atoms with Gasteiger partial charge in [-0.3, -0.25) is 4.79 Å². The molecule has 198 valence electrons. The van der Waals surface area contributed by atoms with Crippen LogP contribution in [0.1, 0.15) is 45.3 Å². The van der Waals surface area contributed by atoms with Crippen LogP contribution in [-0.2, 0) is 30.4 Å². The van der Waals surface area contributed by atoms with Crippen LogP contribution in [0.4, 0.5) is 13.2 Å². The number of fused-ring (bicyclic) bond motifs is 2. The summed E-state index contributed by atoms with van der Waals surface area (Å²) in [5.41, 5.74) is 6.80. The quantitative estimate of drug-likeness (QED) is 0.349. The Morgan fingerprint density at radius 3 is 2.68 bits per heavy atom. The minimum Gasteiger partial charge on any atom is -0.494 e. The zero-order valence-electron chi connectivity index (χ0n) is 20.4. The second kappa shape index (κ2) is 9.86. The largest absolute Gasteiger partial charge is 0.494 e. The average Bonchev–Trinajstić information content (AvgIpc) is 3.54. The fraction of sp³-hybridized carbons (Fsp3) is 0.269. The number of ether oxygens (including phenoxy) is 2. The van der Waals surface area contributed by atoms with Crippen LogP contribution in [0.15, 0.2) is 45.4 Å². The van der Waals surface area contributed by atoms with Gasteiger partial charge in [0.25, 0.3) is 5.91 Å². The van der Waals surface area contributed by atoms with Crippen molar-refractivity contribution < 1.29 is 36.3 Å². The number of methoxy groups -OCH3 is 2. The van der Waals surface area contributed by atoms with Crippen molar-refractivity contribution in [3.63, 3.8) is 0 Å². The number of pyridine rings is 1. The molecule has 12 heteroatoms. The first kappa shape index (κ1) is 25.3. The lowest BCUT2D eigenvalue weighted by atomic mass is 9.99. The Morgan fingerprint density at radius 2 is 1.97 bits per heavy atom. The Hall–Kier alpha value is -4.32. The molecule has 0 saturated carbocycles. The second-order valence-corrected chi connectivity index (χ2v) is 8.46. The number of benzene rings is 1. The summed E-state index contributed by atoms with van der Waals surface area (Å²) in [7, 11) is 2.90. The molecule has 0 bridgehead atoms. The zero-order chi connectivity index (χ0) is 27.0. The van der Waals surface area contributed by atoms with E-state index in [-0.39, 0.29) is 41.7 Å². The third kappa shape index (κ3) is 4.47. The molecule has 1 aromatic carbocycles. The number of alkyl halides is 3. The van der Waals surface area contributed by atoms with Crippen molar-refractivity contribution in [3.05, 3.63) is 70.6 Å². The number of oxazole rings is 1. The molecule has 1 amide bonds. The Bertz CT molecular complexity index is 1550. The van der Waals surface area contributed by atoms with Gasteiger partial charge in [0.05, 0.1) is 27.0 Å². The van der Waals surface area contributed by atoms with E-state index in [9.17, 15) is 18.0 Å². The van der Waals surface area contributed by atoms with Gasteiger partial charge in [0.2, 0.25) is 5.89 Å². The van der Waals surface area contributed by atoms with Gasteiger partial charge in [-0.25, -0.2) is 9.97 Å². The van der Waals surface area contributed by atoms with Crippen molar-refractivity contribution in [2.75, 3.05) is 14.2 Å². The van der Waals surface area contributed by atoms with Crippen molar-refractivity contribution in [3.8, 4) is 17.2 Å². The highest BCUT2D eigenvalue weighted by atomic mass is 19.4. The number of carbonyl (C=O) groups excluding carboxylic acids is 1. The lowest BCUT2D eigenvalue weighted by Gasteiger charge is -2.12. The van der Waals surface area contributed by atoms with Crippen molar-refractivity contribution >= 4 is 22.6 Å². The van der Waals surface area contributed by atoms with E-state index >= 15 is 0 Å². The molecule has 0 aliphatic heterocycles. The summed E-state index contributed by atoms with van der Waals surface area (Å²) in [5.74, 6) is 1.06. The highest BCUT2D eigenvalue weighted by Gasteiger charge is 2.33. The molecule has 4 aromatic rings. The molecule has 5 rings (SSSR count). The normalized spacial score (nSPS) is 13.3. The lowest BCUT2D eigenvalue weighted by Crippen LogP contribution is -2.25. The Morgan fingerprint density at radius 1 is 1.16 bits per heavy atom. The van der Waals surface area contributed by atoms with Crippen molar-refractivity contribution in [1.29, 1.82) is 0 Å². The van der Waals surface area contributed by atoms with Crippen LogP contribution in [0, 0.1) is 0 Å². The molecule has 1 aliphatic carbocycles. The summed E-state index contributed by atoms with van der Waals surface area (Å²) in [6, 6.07) is 5.16. The molecular weight excluding hydrogens is 505 g/mol. The number of rotatable bonds is 7. The van der Waals surface area contributed by atoms with E-state index < -0.39 is 17.8 Å². The van der Waals surface area contributed by atoms with Gasteiger partial charge < -0.3 is 29.4 Å². The van der Waals surface area contributed by atoms with Crippen molar-refractivity contribution in [2.24, 2.45) is 5.73 Å². The van der Waals surface area contributed by atoms with Crippen LogP contribution in [-0.4, -0.2) is 30.1 Å². The molecular formula is C26H23F3N4O5. The van der Waals surface area contributed by atoms with Crippen LogP contribution < -0.4 is 15.8 Å². The summed E-state index contributed by atoms with van der Waals surface area (Å²) in [6.45, 7) is 0.0554. The number of allylic oxidation sites excluding steroid dienone is 1. The van der Waals surface area contributed by atoms with Crippen LogP contribution in [0.25, 0.3) is 28.1 Å². The monoisotopic (exact) mass is 528 g/mol. The number of furan rings is 1. The first-order chi connectivity index (χ1) is 18.2. The van der Waals surface area contributed by atoms with Gasteiger partial charge in [-0.05, 0) is 43.2 Å². The third-order valence-electron chi connectivity index (χ3n) is 6.25. The van der Waals surface area contributed by atoms with Crippen LogP contribution in [0.5, 0.6) is 5.75 Å². The number of halogens is 3. The van der Waals surface area contributed by atoms with Crippen LogP contribution in [0.3, 0.4) is 0 Å². The summed E-state index contributed by atoms with van der Waals surface area (Å²) < 4.78 is 61.8. The molecule has 0 unspecified atom stereocenters. The van der Waals surface area contributed by atoms with Crippen molar-refractivity contribution in [1.82, 2.24) is 15.3 Å². The van der Waals surface area contributed by atoms with E-state index in [1.54, 1.807) is 19.4 Å². The summed E-state index contributed by atoms with van der Waals surface area (Å²) >= 11 is 0. The van der Waals surface area contributed by atoms with E-state index in [1.807, 2.05) is 6.08 Å². The number of hydrogen-bond donors (Lipinski definition) is 2. The van der Waals surface area contributed by atoms with E-state index in [4.69, 9.17) is 24.0 Å². The number of nitrogens with zero attached hydrogens (tertiary/aromatic N) is 2. The number of nitrogens with two attached hydrogens (primary N) is 1. The van der Waals surface area contributed by atoms with Gasteiger partial charge in [-0.1, -0.05) is 0 Å². The van der Waals surface area contributed by atoms with Crippen LogP contribution in [0.2, 0.25) is 0 Å². The molecule has 38 heavy (non-hydrogen) atoms. The number of nitrogens with one attached hydrogen (secondary N) is 1. The summed E-state index contributed by atoms with van der Waals surface area (Å²) in [6.07, 6.45) is 0.427. The van der Waals surface area contributed by atoms with Gasteiger partial charge >= 0.3 is 6.18 Å². The molecule has 3 heterocycles. The first-order valence-corrected chi connectivity index (χ1v) is 11.6. The van der Waals surface area contributed by atoms with Gasteiger partial charge in [0.1, 0.15) is 17.0 Å². The topological polar surface area (TPSA) is 126 Å². The molecule has 0 radical (unpaired) electrons. The lowest BCUT2D eigenvalue weighted by molar-refractivity contribution is -0.140. The fourth-order valence-electron chi connectivity index (χ4n) is 4.41. The number of hydrogen-bond acceptors (Lipinski definition) is 8. The van der Waals surface area contributed by atoms with Crippen molar-refractivity contribution in [2.45, 2.75) is 32.1 Å². The molecule has 0 spiro atoms. The fourth-order valence-corrected chi connectivity index (χ4v) is 4.41. The predicted octanol–water partition coefficient (Wildman–Crippen LogP) is 4.83. The zero-order valence-corrected chi connectivity index (χ0v) is 20.4. The number of amides is 1.